The number of aromatic nitrogens is 3. The number of carbonyl (C=O) groups excluding carboxylic acids is 1. The Kier molecular flexibility index (Phi) is 4.89. The average Bonchev–Trinajstić information content (AvgIpc) is 3.06. The molecule has 2 heterocycles. The molecule has 0 aliphatic heterocycles. The number of carbonyl (C=O) groups is 1. The first-order valence-electron chi connectivity index (χ1n) is 7.59. The lowest BCUT2D eigenvalue weighted by atomic mass is 10.1. The predicted octanol–water partition coefficient (Wildman–Crippen LogP) is 2.69. The van der Waals surface area contributed by atoms with Crippen LogP contribution in [-0.4, -0.2) is 28.3 Å². The average molecular weight is 339 g/mol. The van der Waals surface area contributed by atoms with Crippen LogP contribution in [0.15, 0.2) is 53.2 Å². The third-order valence-electron chi connectivity index (χ3n) is 3.43. The van der Waals surface area contributed by atoms with Gasteiger partial charge in [-0.2, -0.15) is 4.98 Å². The molecule has 1 aromatic carbocycles. The topological polar surface area (TPSA) is 102 Å². The van der Waals surface area contributed by atoms with Crippen molar-refractivity contribution in [3.63, 3.8) is 0 Å². The molecule has 8 heteroatoms. The number of rotatable bonds is 5. The zero-order valence-electron chi connectivity index (χ0n) is 13.8. The molecule has 3 rings (SSSR count). The van der Waals surface area contributed by atoms with Gasteiger partial charge in [-0.1, -0.05) is 29.4 Å². The Morgan fingerprint density at radius 2 is 2.00 bits per heavy atom. The van der Waals surface area contributed by atoms with Crippen LogP contribution in [0.2, 0.25) is 0 Å². The summed E-state index contributed by atoms with van der Waals surface area (Å²) in [7, 11) is 1.56. The molecule has 25 heavy (non-hydrogen) atoms. The van der Waals surface area contributed by atoms with E-state index in [9.17, 15) is 4.79 Å². The molecule has 0 aliphatic carbocycles. The minimum Gasteiger partial charge on any atom is -0.496 e. The molecule has 128 valence electrons. The summed E-state index contributed by atoms with van der Waals surface area (Å²) in [6.07, 6.45) is 1.59. The zero-order valence-corrected chi connectivity index (χ0v) is 13.8. The molecule has 2 aromatic heterocycles. The monoisotopic (exact) mass is 339 g/mol. The Morgan fingerprint density at radius 1 is 1.20 bits per heavy atom. The lowest BCUT2D eigenvalue weighted by Crippen LogP contribution is -2.34. The highest BCUT2D eigenvalue weighted by Crippen LogP contribution is 2.28. The highest BCUT2D eigenvalue weighted by atomic mass is 16.5. The number of aryl methyl sites for hydroxylation is 1. The van der Waals surface area contributed by atoms with Crippen molar-refractivity contribution in [3.8, 4) is 5.75 Å². The summed E-state index contributed by atoms with van der Waals surface area (Å²) < 4.78 is 10.4. The van der Waals surface area contributed by atoms with Crippen molar-refractivity contribution in [2.24, 2.45) is 0 Å². The number of urea groups is 1. The molecule has 2 amide bonds. The zero-order chi connectivity index (χ0) is 17.6. The van der Waals surface area contributed by atoms with E-state index in [1.54, 1.807) is 44.5 Å². The fourth-order valence-electron chi connectivity index (χ4n) is 2.34. The normalized spacial score (nSPS) is 11.6. The van der Waals surface area contributed by atoms with Crippen molar-refractivity contribution >= 4 is 11.8 Å². The van der Waals surface area contributed by atoms with Crippen LogP contribution in [0.4, 0.5) is 10.6 Å². The van der Waals surface area contributed by atoms with Crippen LogP contribution in [0.5, 0.6) is 5.75 Å². The van der Waals surface area contributed by atoms with Crippen LogP contribution in [0.25, 0.3) is 0 Å². The second-order valence-corrected chi connectivity index (χ2v) is 5.16. The number of hydrogen-bond acceptors (Lipinski definition) is 6. The van der Waals surface area contributed by atoms with Crippen LogP contribution in [0.1, 0.15) is 23.3 Å². The number of nitrogens with one attached hydrogen (secondary N) is 2. The standard InChI is InChI=1S/C17H17N5O3/c1-11-19-16(22-25-11)15(12-7-3-4-8-13(12)24-2)21-17(23)20-14-9-5-6-10-18-14/h3-10,15H,1-2H3,(H2,18,20,21,23). The van der Waals surface area contributed by atoms with Crippen molar-refractivity contribution in [3.05, 3.63) is 65.9 Å². The predicted molar refractivity (Wildman–Crippen MR) is 90.3 cm³/mol. The molecule has 0 spiro atoms. The summed E-state index contributed by atoms with van der Waals surface area (Å²) >= 11 is 0. The second-order valence-electron chi connectivity index (χ2n) is 5.16. The van der Waals surface area contributed by atoms with Gasteiger partial charge in [0.05, 0.1) is 7.11 Å². The number of anilines is 1. The van der Waals surface area contributed by atoms with Gasteiger partial charge in [0.25, 0.3) is 0 Å². The van der Waals surface area contributed by atoms with Gasteiger partial charge in [-0.3, -0.25) is 5.32 Å². The Morgan fingerprint density at radius 3 is 2.68 bits per heavy atom. The van der Waals surface area contributed by atoms with Crippen molar-refractivity contribution in [1.82, 2.24) is 20.4 Å². The van der Waals surface area contributed by atoms with Gasteiger partial charge in [0.15, 0.2) is 5.82 Å². The number of nitrogens with zero attached hydrogens (tertiary/aromatic N) is 3. The van der Waals surface area contributed by atoms with Gasteiger partial charge in [-0.15, -0.1) is 0 Å². The van der Waals surface area contributed by atoms with E-state index in [1.807, 2.05) is 18.2 Å². The maximum atomic E-state index is 12.4. The van der Waals surface area contributed by atoms with Crippen molar-refractivity contribution < 1.29 is 14.1 Å². The molecule has 0 saturated carbocycles. The molecule has 1 atom stereocenters. The molecule has 8 nitrogen and oxygen atoms in total. The number of para-hydroxylation sites is 1. The Balaban J connectivity index is 1.88. The van der Waals surface area contributed by atoms with Crippen LogP contribution < -0.4 is 15.4 Å². The van der Waals surface area contributed by atoms with Gasteiger partial charge in [-0.05, 0) is 18.2 Å². The van der Waals surface area contributed by atoms with Gasteiger partial charge >= 0.3 is 6.03 Å². The van der Waals surface area contributed by atoms with E-state index in [-0.39, 0.29) is 0 Å². The largest absolute Gasteiger partial charge is 0.496 e. The molecular weight excluding hydrogens is 322 g/mol. The first-order valence-corrected chi connectivity index (χ1v) is 7.59. The quantitative estimate of drug-likeness (QED) is 0.741. The molecule has 1 unspecified atom stereocenters. The first-order chi connectivity index (χ1) is 12.2. The summed E-state index contributed by atoms with van der Waals surface area (Å²) in [4.78, 5) is 20.7. The molecule has 0 fully saturated rings. The van der Waals surface area contributed by atoms with Gasteiger partial charge in [0.1, 0.15) is 17.6 Å². The number of amides is 2. The Bertz CT molecular complexity index is 850. The van der Waals surface area contributed by atoms with Crippen molar-refractivity contribution in [2.45, 2.75) is 13.0 Å². The van der Waals surface area contributed by atoms with Crippen LogP contribution >= 0.6 is 0 Å². The molecule has 0 aliphatic rings. The fourth-order valence-corrected chi connectivity index (χ4v) is 2.34. The Hall–Kier alpha value is -3.42. The van der Waals surface area contributed by atoms with Gasteiger partial charge in [-0.25, -0.2) is 9.78 Å². The van der Waals surface area contributed by atoms with E-state index >= 15 is 0 Å². The first kappa shape index (κ1) is 16.4. The van der Waals surface area contributed by atoms with E-state index in [0.717, 1.165) is 0 Å². The second kappa shape index (κ2) is 7.43. The lowest BCUT2D eigenvalue weighted by Gasteiger charge is -2.18. The fraction of sp³-hybridized carbons (Fsp3) is 0.176. The molecular formula is C17H17N5O3. The molecule has 3 aromatic rings. The van der Waals surface area contributed by atoms with E-state index in [2.05, 4.69) is 25.8 Å². The van der Waals surface area contributed by atoms with Gasteiger partial charge < -0.3 is 14.6 Å². The highest BCUT2D eigenvalue weighted by Gasteiger charge is 2.25. The third kappa shape index (κ3) is 3.92. The number of ether oxygens (including phenoxy) is 1. The van der Waals surface area contributed by atoms with E-state index in [1.165, 1.54) is 0 Å². The minimum absolute atomic E-state index is 0.332. The summed E-state index contributed by atoms with van der Waals surface area (Å²) in [5.74, 6) is 1.77. The number of pyridine rings is 1. The molecule has 0 saturated heterocycles. The lowest BCUT2D eigenvalue weighted by molar-refractivity contribution is 0.249. The summed E-state index contributed by atoms with van der Waals surface area (Å²) in [5, 5.41) is 9.43. The highest BCUT2D eigenvalue weighted by molar-refractivity contribution is 5.88. The maximum Gasteiger partial charge on any atom is 0.321 e. The third-order valence-corrected chi connectivity index (χ3v) is 3.43. The molecule has 2 N–H and O–H groups in total. The number of hydrogen-bond donors (Lipinski definition) is 2. The number of benzene rings is 1. The van der Waals surface area contributed by atoms with Crippen LogP contribution in [-0.2, 0) is 0 Å². The van der Waals surface area contributed by atoms with Crippen molar-refractivity contribution in [2.75, 3.05) is 12.4 Å². The summed E-state index contributed by atoms with van der Waals surface area (Å²) in [6.45, 7) is 1.68. The van der Waals surface area contributed by atoms with Crippen molar-refractivity contribution in [1.29, 1.82) is 0 Å². The Labute approximate surface area is 144 Å². The van der Waals surface area contributed by atoms with Crippen LogP contribution in [0.3, 0.4) is 0 Å². The summed E-state index contributed by atoms with van der Waals surface area (Å²) in [6, 6.07) is 11.5. The van der Waals surface area contributed by atoms with E-state index in [0.29, 0.717) is 28.8 Å². The molecule has 0 bridgehead atoms. The molecule has 0 radical (unpaired) electrons. The minimum atomic E-state index is -0.641. The number of methoxy groups -OCH3 is 1. The smallest absolute Gasteiger partial charge is 0.321 e. The van der Waals surface area contributed by atoms with Crippen LogP contribution in [0, 0.1) is 6.92 Å². The van der Waals surface area contributed by atoms with E-state index < -0.39 is 12.1 Å². The van der Waals surface area contributed by atoms with Gasteiger partial charge in [0.2, 0.25) is 5.89 Å². The van der Waals surface area contributed by atoms with E-state index in [4.69, 9.17) is 9.26 Å². The SMILES string of the molecule is COc1ccccc1C(NC(=O)Nc1ccccn1)c1noc(C)n1. The summed E-state index contributed by atoms with van der Waals surface area (Å²) in [5.41, 5.74) is 0.710. The van der Waals surface area contributed by atoms with Gasteiger partial charge in [0, 0.05) is 18.7 Å². The maximum absolute atomic E-state index is 12.4.